The van der Waals surface area contributed by atoms with Gasteiger partial charge in [0.15, 0.2) is 0 Å². The van der Waals surface area contributed by atoms with Crippen LogP contribution in [0.4, 0.5) is 0 Å². The first-order valence-corrected chi connectivity index (χ1v) is 5.74. The Morgan fingerprint density at radius 2 is 2.33 bits per heavy atom. The number of ether oxygens (including phenoxy) is 1. The summed E-state index contributed by atoms with van der Waals surface area (Å²) >= 11 is 0. The van der Waals surface area contributed by atoms with Crippen LogP contribution in [-0.2, 0) is 11.2 Å². The number of nitrogens with one attached hydrogen (secondary N) is 1. The summed E-state index contributed by atoms with van der Waals surface area (Å²) in [4.78, 5) is 11.1. The molecule has 1 amide bonds. The van der Waals surface area contributed by atoms with E-state index in [1.54, 1.807) is 0 Å². The Labute approximate surface area is 110 Å². The lowest BCUT2D eigenvalue weighted by atomic mass is 10.0. The molecule has 0 aliphatic carbocycles. The third-order valence-electron chi connectivity index (χ3n) is 2.83. The van der Waals surface area contributed by atoms with Crippen molar-refractivity contribution in [3.63, 3.8) is 0 Å². The van der Waals surface area contributed by atoms with Crippen molar-refractivity contribution in [1.82, 2.24) is 5.32 Å². The zero-order valence-corrected chi connectivity index (χ0v) is 10.1. The van der Waals surface area contributed by atoms with Gasteiger partial charge in [0.25, 0.3) is 0 Å². The van der Waals surface area contributed by atoms with Crippen molar-refractivity contribution in [2.45, 2.75) is 13.3 Å². The second-order valence-electron chi connectivity index (χ2n) is 4.04. The van der Waals surface area contributed by atoms with E-state index in [4.69, 9.17) is 7.48 Å². The molecule has 0 bridgehead atoms. The summed E-state index contributed by atoms with van der Waals surface area (Å²) in [6.07, 6.45) is 0.702. The van der Waals surface area contributed by atoms with E-state index in [0.717, 1.165) is 16.3 Å². The van der Waals surface area contributed by atoms with Gasteiger partial charge in [0.2, 0.25) is 5.91 Å². The van der Waals surface area contributed by atoms with Crippen molar-refractivity contribution in [1.29, 1.82) is 0 Å². The molecular weight excluding hydrogens is 226 g/mol. The lowest BCUT2D eigenvalue weighted by Gasteiger charge is -2.08. The highest BCUT2D eigenvalue weighted by Crippen LogP contribution is 2.24. The maximum Gasteiger partial charge on any atom is 0.216 e. The number of hydrogen-bond donors (Lipinski definition) is 1. The third kappa shape index (κ3) is 2.80. The number of methoxy groups -OCH3 is 1. The van der Waals surface area contributed by atoms with Crippen LogP contribution in [0, 0.1) is 0 Å². The van der Waals surface area contributed by atoms with Gasteiger partial charge in [-0.2, -0.15) is 0 Å². The zero-order valence-electron chi connectivity index (χ0n) is 12.1. The van der Waals surface area contributed by atoms with Gasteiger partial charge in [-0.3, -0.25) is 4.79 Å². The molecule has 0 fully saturated rings. The van der Waals surface area contributed by atoms with Gasteiger partial charge in [-0.1, -0.05) is 24.3 Å². The highest BCUT2D eigenvalue weighted by molar-refractivity contribution is 5.87. The minimum Gasteiger partial charge on any atom is -0.497 e. The largest absolute Gasteiger partial charge is 0.497 e. The first kappa shape index (κ1) is 9.95. The van der Waals surface area contributed by atoms with E-state index in [1.807, 2.05) is 36.4 Å². The maximum absolute atomic E-state index is 11.1. The zero-order chi connectivity index (χ0) is 14.4. The van der Waals surface area contributed by atoms with Crippen LogP contribution in [0.2, 0.25) is 0 Å². The van der Waals surface area contributed by atoms with Gasteiger partial charge in [0.1, 0.15) is 5.75 Å². The number of rotatable bonds is 4. The van der Waals surface area contributed by atoms with Crippen molar-refractivity contribution in [3.05, 3.63) is 42.0 Å². The maximum atomic E-state index is 11.1. The van der Waals surface area contributed by atoms with Crippen molar-refractivity contribution >= 4 is 16.7 Å². The molecule has 1 N–H and O–H groups in total. The van der Waals surface area contributed by atoms with Crippen molar-refractivity contribution in [3.8, 4) is 5.75 Å². The molecule has 2 aromatic carbocycles. The number of amides is 1. The molecule has 0 spiro atoms. The van der Waals surface area contributed by atoms with Gasteiger partial charge in [-0.15, -0.1) is 0 Å². The molecule has 0 heterocycles. The number of fused-ring (bicyclic) bond motifs is 1. The summed E-state index contributed by atoms with van der Waals surface area (Å²) in [6, 6.07) is 11.8. The standard InChI is InChI=1S/C15H17NO2/c1-11(17)16-9-8-13-5-3-4-12-6-7-14(18-2)10-15(12)13/h3-7,10H,8-9H2,1-2H3,(H,16,17)/i1D,2D. The quantitative estimate of drug-likeness (QED) is 0.899. The smallest absolute Gasteiger partial charge is 0.216 e. The Morgan fingerprint density at radius 1 is 1.39 bits per heavy atom. The molecule has 3 heteroatoms. The van der Waals surface area contributed by atoms with Crippen LogP contribution in [-0.4, -0.2) is 19.5 Å². The first-order valence-electron chi connectivity index (χ1n) is 7.15. The molecular formula is C15H17NO2. The number of hydrogen-bond acceptors (Lipinski definition) is 2. The van der Waals surface area contributed by atoms with E-state index >= 15 is 0 Å². The SMILES string of the molecule is [2H]COc1ccc2cccc(CCNC(=O)C[2H])c2c1. The molecule has 0 saturated carbocycles. The normalized spacial score (nSPS) is 11.8. The van der Waals surface area contributed by atoms with Gasteiger partial charge in [-0.25, -0.2) is 0 Å². The predicted molar refractivity (Wildman–Crippen MR) is 72.9 cm³/mol. The summed E-state index contributed by atoms with van der Waals surface area (Å²) in [6.45, 7) is 0.275. The molecule has 0 radical (unpaired) electrons. The molecule has 18 heavy (non-hydrogen) atoms. The van der Waals surface area contributed by atoms with Crippen molar-refractivity contribution in [2.24, 2.45) is 0 Å². The van der Waals surface area contributed by atoms with Crippen LogP contribution in [0.1, 0.15) is 15.2 Å². The Balaban J connectivity index is 2.18. The van der Waals surface area contributed by atoms with E-state index in [9.17, 15) is 4.79 Å². The first-order chi connectivity index (χ1) is 9.74. The summed E-state index contributed by atoms with van der Waals surface area (Å²) < 4.78 is 19.2. The molecule has 0 unspecified atom stereocenters. The van der Waals surface area contributed by atoms with E-state index in [0.29, 0.717) is 18.7 Å². The molecule has 2 aromatic rings. The summed E-state index contributed by atoms with van der Waals surface area (Å²) in [7, 11) is -0.104. The Kier molecular flexibility index (Phi) is 3.06. The van der Waals surface area contributed by atoms with Crippen LogP contribution >= 0.6 is 0 Å². The molecule has 2 rings (SSSR count). The van der Waals surface area contributed by atoms with Crippen molar-refractivity contribution < 1.29 is 12.3 Å². The Hall–Kier alpha value is -2.03. The third-order valence-corrected chi connectivity index (χ3v) is 2.83. The average Bonchev–Trinajstić information content (AvgIpc) is 2.47. The van der Waals surface area contributed by atoms with E-state index in [1.165, 1.54) is 0 Å². The fourth-order valence-corrected chi connectivity index (χ4v) is 1.96. The van der Waals surface area contributed by atoms with Gasteiger partial charge >= 0.3 is 0 Å². The van der Waals surface area contributed by atoms with E-state index < -0.39 is 0 Å². The minimum atomic E-state index is -0.261. The fourth-order valence-electron chi connectivity index (χ4n) is 1.96. The average molecular weight is 245 g/mol. The number of carbonyl (C=O) groups is 1. The number of carbonyl (C=O) groups excluding carboxylic acids is 1. The second kappa shape index (κ2) is 5.54. The van der Waals surface area contributed by atoms with Gasteiger partial charge in [0, 0.05) is 14.8 Å². The molecule has 94 valence electrons. The molecule has 0 saturated heterocycles. The molecule has 3 nitrogen and oxygen atoms in total. The minimum absolute atomic E-state index is 0.104. The lowest BCUT2D eigenvalue weighted by molar-refractivity contribution is -0.118. The highest BCUT2D eigenvalue weighted by atomic mass is 16.5. The van der Waals surface area contributed by atoms with Crippen molar-refractivity contribution in [2.75, 3.05) is 13.6 Å². The molecule has 0 atom stereocenters. The van der Waals surface area contributed by atoms with Crippen LogP contribution < -0.4 is 10.1 Å². The predicted octanol–water partition coefficient (Wildman–Crippen LogP) is 2.53. The monoisotopic (exact) mass is 245 g/mol. The molecule has 0 aliphatic rings. The van der Waals surface area contributed by atoms with Gasteiger partial charge < -0.3 is 10.1 Å². The summed E-state index contributed by atoms with van der Waals surface area (Å²) in [5, 5.41) is 4.87. The topological polar surface area (TPSA) is 38.3 Å². The Bertz CT molecular complexity index is 601. The van der Waals surface area contributed by atoms with E-state index in [-0.39, 0.29) is 19.9 Å². The van der Waals surface area contributed by atoms with Crippen LogP contribution in [0.15, 0.2) is 36.4 Å². The van der Waals surface area contributed by atoms with Gasteiger partial charge in [-0.05, 0) is 34.9 Å². The lowest BCUT2D eigenvalue weighted by Crippen LogP contribution is -2.22. The molecule has 0 aromatic heterocycles. The van der Waals surface area contributed by atoms with Gasteiger partial charge in [0.05, 0.1) is 8.46 Å². The molecule has 0 aliphatic heterocycles. The van der Waals surface area contributed by atoms with E-state index in [2.05, 4.69) is 5.32 Å². The van der Waals surface area contributed by atoms with Crippen LogP contribution in [0.5, 0.6) is 5.75 Å². The summed E-state index contributed by atoms with van der Waals surface area (Å²) in [5.41, 5.74) is 1.11. The van der Waals surface area contributed by atoms with Crippen LogP contribution in [0.25, 0.3) is 10.8 Å². The number of benzene rings is 2. The fraction of sp³-hybridized carbons (Fsp3) is 0.267. The van der Waals surface area contributed by atoms with Crippen LogP contribution in [0.3, 0.4) is 0 Å². The second-order valence-corrected chi connectivity index (χ2v) is 4.04. The highest BCUT2D eigenvalue weighted by Gasteiger charge is 2.03. The summed E-state index contributed by atoms with van der Waals surface area (Å²) in [5.74, 6) is 0.415. The Morgan fingerprint density at radius 3 is 3.17 bits per heavy atom.